The van der Waals surface area contributed by atoms with Crippen molar-refractivity contribution in [3.63, 3.8) is 0 Å². The summed E-state index contributed by atoms with van der Waals surface area (Å²) in [5, 5.41) is 0. The Hall–Kier alpha value is -4.55. The second-order valence-corrected chi connectivity index (χ2v) is 18.4. The van der Waals surface area contributed by atoms with E-state index in [-0.39, 0.29) is 0 Å². The molecule has 0 radical (unpaired) electrons. The van der Waals surface area contributed by atoms with Gasteiger partial charge in [0.1, 0.15) is 4.88 Å². The molecule has 284 valence electrons. The Morgan fingerprint density at radius 3 is 1.43 bits per heavy atom. The number of nitrogens with zero attached hydrogens (tertiary/aromatic N) is 2. The maximum absolute atomic E-state index is 2.44. The van der Waals surface area contributed by atoms with Crippen LogP contribution in [0, 0.1) is 0 Å². The van der Waals surface area contributed by atoms with Crippen LogP contribution in [-0.2, 0) is 26.9 Å². The highest BCUT2D eigenvalue weighted by molar-refractivity contribution is 7.19. The van der Waals surface area contributed by atoms with Gasteiger partial charge < -0.3 is 0 Å². The van der Waals surface area contributed by atoms with Crippen LogP contribution in [0.5, 0.6) is 0 Å². The molecule has 4 heterocycles. The van der Waals surface area contributed by atoms with Crippen LogP contribution >= 0.6 is 34.0 Å². The molecule has 0 aliphatic heterocycles. The van der Waals surface area contributed by atoms with E-state index in [1.54, 1.807) is 0 Å². The van der Waals surface area contributed by atoms with Crippen molar-refractivity contribution >= 4 is 45.0 Å². The van der Waals surface area contributed by atoms with E-state index in [2.05, 4.69) is 164 Å². The molecule has 4 aromatic heterocycles. The van der Waals surface area contributed by atoms with Crippen LogP contribution in [-0.4, -0.2) is 4.57 Å². The van der Waals surface area contributed by atoms with E-state index in [1.165, 1.54) is 149 Å². The van der Waals surface area contributed by atoms with Crippen molar-refractivity contribution in [1.29, 1.82) is 0 Å². The van der Waals surface area contributed by atoms with Gasteiger partial charge in [-0.05, 0) is 102 Å². The third-order valence-corrected chi connectivity index (χ3v) is 14.7. The molecule has 0 aliphatic carbocycles. The summed E-state index contributed by atoms with van der Waals surface area (Å²) in [6.45, 7) is 4.56. The zero-order valence-electron chi connectivity index (χ0n) is 33.3. The number of imidazole rings is 1. The Labute approximate surface area is 345 Å². The fourth-order valence-electron chi connectivity index (χ4n) is 8.10. The molecule has 0 unspecified atom stereocenters. The van der Waals surface area contributed by atoms with Gasteiger partial charge in [0.15, 0.2) is 11.0 Å². The standard InChI is InChI=1S/C51H53N2S3/c1-5-7-9-12-16-36-20-24-39(25-21-36)44-30-33-46(54-44)41-28-29-42(47-34-31-45(55-47)40-26-22-37(23-27-40)17-13-10-8-6-2)50-49(41)52(3)51(53(50)4)48-35-32-43(56-48)38-18-14-11-15-19-38/h11,14-15,18-35H,5-10,12-13,16-17H2,1-4H3/q+1. The van der Waals surface area contributed by atoms with Crippen LogP contribution in [0.15, 0.2) is 127 Å². The van der Waals surface area contributed by atoms with Crippen molar-refractivity contribution < 1.29 is 4.57 Å². The largest absolute Gasteiger partial charge is 0.299 e. The number of fused-ring (bicyclic) bond motifs is 1. The predicted octanol–water partition coefficient (Wildman–Crippen LogP) is 15.4. The van der Waals surface area contributed by atoms with Crippen molar-refractivity contribution in [2.24, 2.45) is 14.1 Å². The molecule has 0 saturated carbocycles. The van der Waals surface area contributed by atoms with Gasteiger partial charge in [-0.25, -0.2) is 9.13 Å². The molecule has 0 bridgehead atoms. The molecule has 8 aromatic rings. The summed E-state index contributed by atoms with van der Waals surface area (Å²) < 4.78 is 4.88. The first kappa shape index (κ1) is 38.3. The Morgan fingerprint density at radius 2 is 0.893 bits per heavy atom. The first-order chi connectivity index (χ1) is 27.5. The number of unbranched alkanes of at least 4 members (excludes halogenated alkanes) is 6. The molecule has 0 fully saturated rings. The van der Waals surface area contributed by atoms with Gasteiger partial charge in [-0.15, -0.1) is 34.0 Å². The molecular formula is C51H53N2S3+. The Kier molecular flexibility index (Phi) is 12.1. The van der Waals surface area contributed by atoms with Crippen LogP contribution in [0.1, 0.15) is 76.3 Å². The molecular weight excluding hydrogens is 737 g/mol. The molecule has 0 saturated heterocycles. The Bertz CT molecular complexity index is 2370. The number of benzene rings is 4. The molecule has 5 heteroatoms. The van der Waals surface area contributed by atoms with Crippen LogP contribution in [0.25, 0.3) is 73.9 Å². The number of aromatic nitrogens is 2. The third kappa shape index (κ3) is 8.14. The molecule has 0 N–H and O–H groups in total. The molecule has 0 atom stereocenters. The molecule has 0 aliphatic rings. The van der Waals surface area contributed by atoms with Crippen molar-refractivity contribution in [2.45, 2.75) is 78.1 Å². The van der Waals surface area contributed by atoms with Crippen molar-refractivity contribution in [1.82, 2.24) is 4.57 Å². The number of hydrogen-bond acceptors (Lipinski definition) is 3. The molecule has 0 spiro atoms. The average molecular weight is 790 g/mol. The second-order valence-electron chi connectivity index (χ2n) is 15.2. The van der Waals surface area contributed by atoms with E-state index in [9.17, 15) is 0 Å². The van der Waals surface area contributed by atoms with E-state index in [1.807, 2.05) is 34.0 Å². The Balaban J connectivity index is 1.16. The molecule has 2 nitrogen and oxygen atoms in total. The van der Waals surface area contributed by atoms with Crippen LogP contribution in [0.3, 0.4) is 0 Å². The van der Waals surface area contributed by atoms with E-state index < -0.39 is 0 Å². The third-order valence-electron chi connectivity index (χ3n) is 11.2. The molecule has 56 heavy (non-hydrogen) atoms. The van der Waals surface area contributed by atoms with Gasteiger partial charge in [0.05, 0.1) is 14.1 Å². The topological polar surface area (TPSA) is 8.81 Å². The fraction of sp³-hybridized carbons (Fsp3) is 0.275. The smallest absolute Gasteiger partial charge is 0.224 e. The van der Waals surface area contributed by atoms with Gasteiger partial charge in [0.25, 0.3) is 5.82 Å². The summed E-state index contributed by atoms with van der Waals surface area (Å²) in [5.74, 6) is 1.22. The summed E-state index contributed by atoms with van der Waals surface area (Å²) in [6, 6.07) is 48.0. The zero-order valence-corrected chi connectivity index (χ0v) is 35.8. The quantitative estimate of drug-likeness (QED) is 0.0681. The number of hydrogen-bond donors (Lipinski definition) is 0. The first-order valence-electron chi connectivity index (χ1n) is 20.6. The maximum atomic E-state index is 2.44. The lowest BCUT2D eigenvalue weighted by Gasteiger charge is -2.05. The zero-order chi connectivity index (χ0) is 38.4. The SMILES string of the molecule is CCCCCCc1ccc(-c2ccc(-c3ccc(-c4ccc(-c5ccc(CCCCCC)cc5)s4)c4c3n(C)c(-c3ccc(-c5ccccc5)s3)[n+]4C)s2)cc1. The van der Waals surface area contributed by atoms with Gasteiger partial charge in [0, 0.05) is 35.5 Å². The highest BCUT2D eigenvalue weighted by atomic mass is 32.1. The Morgan fingerprint density at radius 1 is 0.446 bits per heavy atom. The summed E-state index contributed by atoms with van der Waals surface area (Å²) in [5.41, 5.74) is 11.8. The lowest BCUT2D eigenvalue weighted by Crippen LogP contribution is -2.30. The lowest BCUT2D eigenvalue weighted by molar-refractivity contribution is -0.633. The van der Waals surface area contributed by atoms with Crippen molar-refractivity contribution in [3.8, 4) is 62.9 Å². The lowest BCUT2D eigenvalue weighted by atomic mass is 10.0. The van der Waals surface area contributed by atoms with Gasteiger partial charge in [-0.2, -0.15) is 0 Å². The normalized spacial score (nSPS) is 11.6. The molecule has 0 amide bonds. The van der Waals surface area contributed by atoms with Crippen molar-refractivity contribution in [3.05, 3.63) is 139 Å². The number of thiophene rings is 3. The van der Waals surface area contributed by atoms with Gasteiger partial charge in [0.2, 0.25) is 0 Å². The van der Waals surface area contributed by atoms with Crippen LogP contribution < -0.4 is 4.57 Å². The fourth-order valence-corrected chi connectivity index (χ4v) is 11.3. The summed E-state index contributed by atoms with van der Waals surface area (Å²) in [6.07, 6.45) is 12.7. The summed E-state index contributed by atoms with van der Waals surface area (Å²) in [4.78, 5) is 7.78. The van der Waals surface area contributed by atoms with Gasteiger partial charge in [-0.1, -0.05) is 131 Å². The summed E-state index contributed by atoms with van der Waals surface area (Å²) >= 11 is 5.67. The maximum Gasteiger partial charge on any atom is 0.299 e. The molecule has 4 aromatic carbocycles. The minimum Gasteiger partial charge on any atom is -0.224 e. The highest BCUT2D eigenvalue weighted by Gasteiger charge is 2.30. The van der Waals surface area contributed by atoms with Crippen LogP contribution in [0.4, 0.5) is 0 Å². The minimum absolute atomic E-state index is 1.17. The predicted molar refractivity (Wildman–Crippen MR) is 246 cm³/mol. The number of aryl methyl sites for hydroxylation is 4. The van der Waals surface area contributed by atoms with E-state index >= 15 is 0 Å². The second kappa shape index (κ2) is 17.7. The van der Waals surface area contributed by atoms with Gasteiger partial charge >= 0.3 is 0 Å². The van der Waals surface area contributed by atoms with Crippen molar-refractivity contribution in [2.75, 3.05) is 0 Å². The minimum atomic E-state index is 1.17. The highest BCUT2D eigenvalue weighted by Crippen LogP contribution is 2.44. The van der Waals surface area contributed by atoms with E-state index in [0.717, 1.165) is 0 Å². The molecule has 8 rings (SSSR count). The monoisotopic (exact) mass is 789 g/mol. The van der Waals surface area contributed by atoms with Gasteiger partial charge in [-0.3, -0.25) is 0 Å². The average Bonchev–Trinajstić information content (AvgIpc) is 4.07. The summed E-state index contributed by atoms with van der Waals surface area (Å²) in [7, 11) is 4.51. The number of rotatable bonds is 16. The van der Waals surface area contributed by atoms with Crippen LogP contribution in [0.2, 0.25) is 0 Å². The van der Waals surface area contributed by atoms with E-state index in [4.69, 9.17) is 0 Å². The van der Waals surface area contributed by atoms with E-state index in [0.29, 0.717) is 0 Å². The first-order valence-corrected chi connectivity index (χ1v) is 23.0.